The smallest absolute Gasteiger partial charge is 0.335 e. The summed E-state index contributed by atoms with van der Waals surface area (Å²) in [5, 5.41) is 20.1. The van der Waals surface area contributed by atoms with Crippen molar-refractivity contribution in [1.29, 1.82) is 0 Å². The minimum absolute atomic E-state index is 0.131. The van der Waals surface area contributed by atoms with E-state index in [9.17, 15) is 9.59 Å². The van der Waals surface area contributed by atoms with Gasteiger partial charge >= 0.3 is 5.97 Å². The van der Waals surface area contributed by atoms with Gasteiger partial charge in [0, 0.05) is 19.2 Å². The zero-order chi connectivity index (χ0) is 18.4. The molecule has 8 nitrogen and oxygen atoms in total. The third kappa shape index (κ3) is 4.51. The van der Waals surface area contributed by atoms with Crippen LogP contribution in [0.3, 0.4) is 0 Å². The van der Waals surface area contributed by atoms with E-state index in [1.54, 1.807) is 40.7 Å². The Balaban J connectivity index is 1.44. The number of thiazole rings is 1. The van der Waals surface area contributed by atoms with Gasteiger partial charge in [-0.15, -0.1) is 16.4 Å². The van der Waals surface area contributed by atoms with Crippen LogP contribution in [0.25, 0.3) is 10.6 Å². The van der Waals surface area contributed by atoms with Gasteiger partial charge in [-0.1, -0.05) is 23.4 Å². The summed E-state index contributed by atoms with van der Waals surface area (Å²) >= 11 is 1.49. The van der Waals surface area contributed by atoms with Crippen LogP contribution >= 0.6 is 11.3 Å². The third-order valence-electron chi connectivity index (χ3n) is 3.76. The van der Waals surface area contributed by atoms with Crippen LogP contribution < -0.4 is 5.32 Å². The number of carbonyl (C=O) groups excluding carboxylic acids is 1. The quantitative estimate of drug-likeness (QED) is 0.625. The molecule has 0 aliphatic heterocycles. The van der Waals surface area contributed by atoms with Crippen molar-refractivity contribution in [2.45, 2.75) is 19.4 Å². The molecule has 0 aliphatic carbocycles. The van der Waals surface area contributed by atoms with Gasteiger partial charge in [-0.05, 0) is 18.1 Å². The fourth-order valence-corrected chi connectivity index (χ4v) is 3.03. The Kier molecular flexibility index (Phi) is 5.69. The number of aromatic carboxylic acids is 1. The Morgan fingerprint density at radius 1 is 1.27 bits per heavy atom. The fourth-order valence-electron chi connectivity index (χ4n) is 2.46. The first kappa shape index (κ1) is 17.7. The number of rotatable bonds is 8. The van der Waals surface area contributed by atoms with Crippen LogP contribution in [0.1, 0.15) is 22.3 Å². The standard InChI is InChI=1S/C17H17N5O3S/c23-16(6-5-12-3-1-2-4-13(12)17(24)25)19-7-8-22-10-14(20-21-22)15-9-18-11-26-15/h1-4,9-11H,5-8H2,(H,19,23)(H,24,25). The minimum Gasteiger partial charge on any atom is -0.478 e. The second kappa shape index (κ2) is 8.34. The van der Waals surface area contributed by atoms with Crippen LogP contribution in [0.2, 0.25) is 0 Å². The predicted octanol–water partition coefficient (Wildman–Crippen LogP) is 1.85. The molecule has 3 aromatic rings. The number of carbonyl (C=O) groups is 2. The van der Waals surface area contributed by atoms with Crippen LogP contribution in [0, 0.1) is 0 Å². The van der Waals surface area contributed by atoms with E-state index < -0.39 is 5.97 Å². The molecule has 0 unspecified atom stereocenters. The van der Waals surface area contributed by atoms with Crippen molar-refractivity contribution >= 4 is 23.2 Å². The van der Waals surface area contributed by atoms with E-state index in [2.05, 4.69) is 20.6 Å². The van der Waals surface area contributed by atoms with Crippen molar-refractivity contribution in [3.8, 4) is 10.6 Å². The lowest BCUT2D eigenvalue weighted by Gasteiger charge is -2.07. The van der Waals surface area contributed by atoms with Gasteiger partial charge in [-0.25, -0.2) is 4.79 Å². The molecule has 0 atom stereocenters. The Bertz CT molecular complexity index is 891. The summed E-state index contributed by atoms with van der Waals surface area (Å²) in [6.07, 6.45) is 4.15. The molecule has 3 rings (SSSR count). The molecule has 0 bridgehead atoms. The zero-order valence-corrected chi connectivity index (χ0v) is 14.6. The molecule has 2 N–H and O–H groups in total. The second-order valence-corrected chi connectivity index (χ2v) is 6.43. The Morgan fingerprint density at radius 3 is 2.88 bits per heavy atom. The number of amides is 1. The molecule has 1 aromatic carbocycles. The lowest BCUT2D eigenvalue weighted by molar-refractivity contribution is -0.121. The molecule has 1 amide bonds. The van der Waals surface area contributed by atoms with Crippen LogP contribution in [-0.4, -0.2) is 43.5 Å². The maximum absolute atomic E-state index is 12.0. The molecule has 9 heteroatoms. The molecule has 26 heavy (non-hydrogen) atoms. The van der Waals surface area contributed by atoms with Gasteiger partial charge in [0.2, 0.25) is 5.91 Å². The first-order valence-corrected chi connectivity index (χ1v) is 8.88. The molecule has 0 saturated heterocycles. The molecule has 0 radical (unpaired) electrons. The van der Waals surface area contributed by atoms with Crippen LogP contribution in [0.5, 0.6) is 0 Å². The monoisotopic (exact) mass is 371 g/mol. The van der Waals surface area contributed by atoms with E-state index in [0.29, 0.717) is 25.1 Å². The summed E-state index contributed by atoms with van der Waals surface area (Å²) in [6, 6.07) is 6.71. The molecule has 2 heterocycles. The topological polar surface area (TPSA) is 110 Å². The molecular weight excluding hydrogens is 354 g/mol. The average molecular weight is 371 g/mol. The van der Waals surface area contributed by atoms with Gasteiger partial charge in [0.15, 0.2) is 0 Å². The van der Waals surface area contributed by atoms with Crippen molar-refractivity contribution in [2.24, 2.45) is 0 Å². The van der Waals surface area contributed by atoms with Crippen molar-refractivity contribution in [3.05, 3.63) is 53.3 Å². The van der Waals surface area contributed by atoms with Gasteiger partial charge < -0.3 is 10.4 Å². The summed E-state index contributed by atoms with van der Waals surface area (Å²) in [7, 11) is 0. The Morgan fingerprint density at radius 2 is 2.12 bits per heavy atom. The Labute approximate surface area is 153 Å². The van der Waals surface area contributed by atoms with Crippen molar-refractivity contribution < 1.29 is 14.7 Å². The molecule has 0 fully saturated rings. The highest BCUT2D eigenvalue weighted by Crippen LogP contribution is 2.19. The van der Waals surface area contributed by atoms with E-state index in [0.717, 1.165) is 10.6 Å². The lowest BCUT2D eigenvalue weighted by atomic mass is 10.0. The fraction of sp³-hybridized carbons (Fsp3) is 0.235. The molecule has 134 valence electrons. The number of aromatic nitrogens is 4. The van der Waals surface area contributed by atoms with Crippen molar-refractivity contribution in [3.63, 3.8) is 0 Å². The number of hydrogen-bond donors (Lipinski definition) is 2. The lowest BCUT2D eigenvalue weighted by Crippen LogP contribution is -2.27. The highest BCUT2D eigenvalue weighted by atomic mass is 32.1. The number of carboxylic acid groups (broad SMARTS) is 1. The van der Waals surface area contributed by atoms with E-state index in [-0.39, 0.29) is 17.9 Å². The second-order valence-electron chi connectivity index (χ2n) is 5.54. The normalized spacial score (nSPS) is 10.6. The summed E-state index contributed by atoms with van der Waals surface area (Å²) < 4.78 is 1.66. The van der Waals surface area contributed by atoms with Gasteiger partial charge in [0.05, 0.1) is 28.7 Å². The van der Waals surface area contributed by atoms with Gasteiger partial charge in [-0.3, -0.25) is 14.5 Å². The Hall–Kier alpha value is -3.07. The molecule has 0 aliphatic rings. The zero-order valence-electron chi connectivity index (χ0n) is 13.8. The van der Waals surface area contributed by atoms with Crippen LogP contribution in [0.15, 0.2) is 42.2 Å². The number of nitrogens with zero attached hydrogens (tertiary/aromatic N) is 4. The van der Waals surface area contributed by atoms with Crippen LogP contribution in [0.4, 0.5) is 0 Å². The molecular formula is C17H17N5O3S. The van der Waals surface area contributed by atoms with Crippen LogP contribution in [-0.2, 0) is 17.8 Å². The highest BCUT2D eigenvalue weighted by molar-refractivity contribution is 7.13. The SMILES string of the molecule is O=C(CCc1ccccc1C(=O)O)NCCn1cc(-c2cncs2)nn1. The number of aryl methyl sites for hydroxylation is 1. The summed E-state index contributed by atoms with van der Waals surface area (Å²) in [5.74, 6) is -1.11. The summed E-state index contributed by atoms with van der Waals surface area (Å²) in [4.78, 5) is 28.1. The number of nitrogens with one attached hydrogen (secondary N) is 1. The first-order chi connectivity index (χ1) is 12.6. The van der Waals surface area contributed by atoms with Crippen molar-refractivity contribution in [1.82, 2.24) is 25.3 Å². The van der Waals surface area contributed by atoms with E-state index in [1.165, 1.54) is 11.3 Å². The van der Waals surface area contributed by atoms with Gasteiger partial charge in [-0.2, -0.15) is 0 Å². The summed E-state index contributed by atoms with van der Waals surface area (Å²) in [6.45, 7) is 0.925. The molecule has 0 spiro atoms. The molecule has 0 saturated carbocycles. The number of hydrogen-bond acceptors (Lipinski definition) is 6. The highest BCUT2D eigenvalue weighted by Gasteiger charge is 2.11. The van der Waals surface area contributed by atoms with E-state index in [1.807, 2.05) is 6.20 Å². The van der Waals surface area contributed by atoms with Gasteiger partial charge in [0.25, 0.3) is 0 Å². The summed E-state index contributed by atoms with van der Waals surface area (Å²) in [5.41, 5.74) is 3.38. The maximum Gasteiger partial charge on any atom is 0.335 e. The number of benzene rings is 1. The predicted molar refractivity (Wildman–Crippen MR) is 95.9 cm³/mol. The van der Waals surface area contributed by atoms with Gasteiger partial charge in [0.1, 0.15) is 5.69 Å². The van der Waals surface area contributed by atoms with Crippen molar-refractivity contribution in [2.75, 3.05) is 6.54 Å². The van der Waals surface area contributed by atoms with E-state index >= 15 is 0 Å². The molecule has 2 aromatic heterocycles. The van der Waals surface area contributed by atoms with E-state index in [4.69, 9.17) is 5.11 Å². The maximum atomic E-state index is 12.0. The average Bonchev–Trinajstić information content (AvgIpc) is 3.31. The largest absolute Gasteiger partial charge is 0.478 e. The first-order valence-electron chi connectivity index (χ1n) is 8.00. The number of carboxylic acids is 1. The third-order valence-corrected chi connectivity index (χ3v) is 4.55. The minimum atomic E-state index is -0.982.